The van der Waals surface area contributed by atoms with E-state index < -0.39 is 11.7 Å². The second-order valence-electron chi connectivity index (χ2n) is 5.80. The molecule has 130 valence electrons. The Morgan fingerprint density at radius 2 is 2.08 bits per heavy atom. The number of amides is 1. The zero-order chi connectivity index (χ0) is 18.5. The van der Waals surface area contributed by atoms with Crippen LogP contribution in [0.25, 0.3) is 16.7 Å². The van der Waals surface area contributed by atoms with E-state index in [0.717, 1.165) is 6.07 Å². The van der Waals surface area contributed by atoms with Crippen LogP contribution in [0.2, 0.25) is 0 Å². The third-order valence-electron chi connectivity index (χ3n) is 4.26. The lowest BCUT2D eigenvalue weighted by molar-refractivity contribution is 0.100. The maximum atomic E-state index is 14.3. The Morgan fingerprint density at radius 1 is 1.40 bits per heavy atom. The molecule has 8 heteroatoms. The van der Waals surface area contributed by atoms with Gasteiger partial charge in [0.1, 0.15) is 23.2 Å². The number of aromatic nitrogens is 3. The highest BCUT2D eigenvalue weighted by Crippen LogP contribution is 2.37. The van der Waals surface area contributed by atoms with Gasteiger partial charge < -0.3 is 16.6 Å². The predicted molar refractivity (Wildman–Crippen MR) is 92.3 cm³/mol. The first-order chi connectivity index (χ1) is 11.8. The van der Waals surface area contributed by atoms with E-state index in [1.807, 2.05) is 6.92 Å². The number of aromatic hydroxyl groups is 1. The van der Waals surface area contributed by atoms with Crippen LogP contribution in [0.5, 0.6) is 5.75 Å². The molecule has 2 heterocycles. The van der Waals surface area contributed by atoms with Crippen LogP contribution in [0.15, 0.2) is 12.3 Å². The van der Waals surface area contributed by atoms with Crippen LogP contribution < -0.4 is 11.5 Å². The van der Waals surface area contributed by atoms with Gasteiger partial charge in [0.25, 0.3) is 5.91 Å². The molecule has 0 saturated heterocycles. The fourth-order valence-electron chi connectivity index (χ4n) is 3.08. The third kappa shape index (κ3) is 2.37. The highest BCUT2D eigenvalue weighted by atomic mass is 19.1. The number of carbonyl (C=O) groups excluding carboxylic acids is 1. The second-order valence-corrected chi connectivity index (χ2v) is 5.80. The average molecular weight is 343 g/mol. The Balaban J connectivity index is 2.56. The van der Waals surface area contributed by atoms with Gasteiger partial charge in [0, 0.05) is 23.4 Å². The van der Waals surface area contributed by atoms with E-state index in [1.54, 1.807) is 13.8 Å². The van der Waals surface area contributed by atoms with Crippen LogP contribution >= 0.6 is 0 Å². The van der Waals surface area contributed by atoms with Crippen molar-refractivity contribution < 1.29 is 14.3 Å². The Labute approximate surface area is 143 Å². The molecule has 5 N–H and O–H groups in total. The average Bonchev–Trinajstić information content (AvgIpc) is 2.82. The van der Waals surface area contributed by atoms with Gasteiger partial charge in [-0.05, 0) is 20.3 Å². The van der Waals surface area contributed by atoms with Crippen LogP contribution in [0.1, 0.15) is 34.2 Å². The second kappa shape index (κ2) is 5.73. The molecular weight excluding hydrogens is 325 g/mol. The first-order valence-electron chi connectivity index (χ1n) is 7.72. The molecule has 0 atom stereocenters. The van der Waals surface area contributed by atoms with Crippen molar-refractivity contribution in [2.45, 2.75) is 27.2 Å². The molecule has 0 aliphatic carbocycles. The van der Waals surface area contributed by atoms with Crippen LogP contribution in [-0.4, -0.2) is 25.5 Å². The topological polar surface area (TPSA) is 120 Å². The van der Waals surface area contributed by atoms with E-state index in [2.05, 4.69) is 9.97 Å². The zero-order valence-electron chi connectivity index (χ0n) is 14.1. The monoisotopic (exact) mass is 343 g/mol. The Bertz CT molecular complexity index is 1030. The van der Waals surface area contributed by atoms with E-state index in [9.17, 15) is 14.3 Å². The molecule has 3 aromatic rings. The number of fused-ring (bicyclic) bond motifs is 1. The number of anilines is 1. The molecular formula is C17H18FN5O2. The zero-order valence-corrected chi connectivity index (χ0v) is 14.1. The van der Waals surface area contributed by atoms with Crippen molar-refractivity contribution in [3.05, 3.63) is 40.6 Å². The first kappa shape index (κ1) is 16.7. The fourth-order valence-corrected chi connectivity index (χ4v) is 3.08. The summed E-state index contributed by atoms with van der Waals surface area (Å²) < 4.78 is 15.7. The lowest BCUT2D eigenvalue weighted by Crippen LogP contribution is -2.14. The van der Waals surface area contributed by atoms with Crippen molar-refractivity contribution >= 4 is 22.8 Å². The number of nitrogen functional groups attached to an aromatic ring is 1. The van der Waals surface area contributed by atoms with Crippen LogP contribution in [0.3, 0.4) is 0 Å². The summed E-state index contributed by atoms with van der Waals surface area (Å²) in [4.78, 5) is 20.3. The van der Waals surface area contributed by atoms with Gasteiger partial charge >= 0.3 is 0 Å². The van der Waals surface area contributed by atoms with Gasteiger partial charge in [-0.1, -0.05) is 6.92 Å². The summed E-state index contributed by atoms with van der Waals surface area (Å²) in [6.07, 6.45) is 1.89. The van der Waals surface area contributed by atoms with Crippen LogP contribution in [0.4, 0.5) is 10.2 Å². The number of benzene rings is 1. The van der Waals surface area contributed by atoms with Crippen molar-refractivity contribution in [1.82, 2.24) is 14.5 Å². The number of hydrogen-bond donors (Lipinski definition) is 3. The summed E-state index contributed by atoms with van der Waals surface area (Å²) in [6.45, 7) is 5.09. The molecule has 7 nitrogen and oxygen atoms in total. The molecule has 0 spiro atoms. The molecule has 0 aliphatic heterocycles. The molecule has 0 fully saturated rings. The molecule has 0 aliphatic rings. The van der Waals surface area contributed by atoms with Gasteiger partial charge in [-0.25, -0.2) is 14.4 Å². The number of nitrogens with zero attached hydrogens (tertiary/aromatic N) is 3. The van der Waals surface area contributed by atoms with E-state index in [0.29, 0.717) is 34.5 Å². The maximum absolute atomic E-state index is 14.3. The number of hydrogen-bond acceptors (Lipinski definition) is 5. The number of phenols is 1. The van der Waals surface area contributed by atoms with Gasteiger partial charge in [0.15, 0.2) is 5.65 Å². The van der Waals surface area contributed by atoms with Gasteiger partial charge in [0.05, 0.1) is 16.6 Å². The lowest BCUT2D eigenvalue weighted by Gasteiger charge is -2.17. The number of primary amides is 1. The number of halogens is 1. The van der Waals surface area contributed by atoms with Crippen molar-refractivity contribution in [3.63, 3.8) is 0 Å². The van der Waals surface area contributed by atoms with Crippen molar-refractivity contribution in [2.24, 2.45) is 5.73 Å². The molecule has 0 saturated carbocycles. The Hall–Kier alpha value is -3.16. The molecule has 2 aromatic heterocycles. The smallest absolute Gasteiger partial charge is 0.253 e. The van der Waals surface area contributed by atoms with Gasteiger partial charge in [-0.3, -0.25) is 9.36 Å². The number of phenolic OH excluding ortho intramolecular Hbond substituents is 1. The van der Waals surface area contributed by atoms with Gasteiger partial charge in [-0.15, -0.1) is 0 Å². The summed E-state index contributed by atoms with van der Waals surface area (Å²) in [5.41, 5.74) is 13.2. The minimum Gasteiger partial charge on any atom is -0.507 e. The summed E-state index contributed by atoms with van der Waals surface area (Å²) in [5, 5.41) is 10.5. The quantitative estimate of drug-likeness (QED) is 0.673. The maximum Gasteiger partial charge on any atom is 0.253 e. The lowest BCUT2D eigenvalue weighted by atomic mass is 10.0. The molecule has 0 radical (unpaired) electrons. The largest absolute Gasteiger partial charge is 0.507 e. The molecule has 1 amide bonds. The van der Waals surface area contributed by atoms with Crippen molar-refractivity contribution in [3.8, 4) is 11.4 Å². The van der Waals surface area contributed by atoms with E-state index in [-0.39, 0.29) is 22.7 Å². The summed E-state index contributed by atoms with van der Waals surface area (Å²) in [6, 6.07) is 1.06. The predicted octanol–water partition coefficient (Wildman–Crippen LogP) is 2.13. The normalized spacial score (nSPS) is 11.2. The molecule has 3 rings (SSSR count). The van der Waals surface area contributed by atoms with E-state index in [4.69, 9.17) is 11.5 Å². The number of rotatable bonds is 3. The number of nitrogens with two attached hydrogens (primary N) is 2. The minimum absolute atomic E-state index is 0.0326. The molecule has 25 heavy (non-hydrogen) atoms. The van der Waals surface area contributed by atoms with Crippen molar-refractivity contribution in [1.29, 1.82) is 0 Å². The van der Waals surface area contributed by atoms with Gasteiger partial charge in [-0.2, -0.15) is 0 Å². The summed E-state index contributed by atoms with van der Waals surface area (Å²) in [5.74, 6) is -1.01. The minimum atomic E-state index is -0.731. The molecule has 1 aromatic carbocycles. The first-order valence-corrected chi connectivity index (χ1v) is 7.72. The third-order valence-corrected chi connectivity index (χ3v) is 4.26. The number of carbonyl (C=O) groups is 1. The van der Waals surface area contributed by atoms with Crippen LogP contribution in [0, 0.1) is 19.7 Å². The van der Waals surface area contributed by atoms with Gasteiger partial charge in [0.2, 0.25) is 0 Å². The highest BCUT2D eigenvalue weighted by molar-refractivity contribution is 6.10. The number of aryl methyl sites for hydroxylation is 1. The fraction of sp³-hybridized carbons (Fsp3) is 0.235. The molecule has 0 bridgehead atoms. The molecule has 0 unspecified atom stereocenters. The van der Waals surface area contributed by atoms with E-state index in [1.165, 1.54) is 10.8 Å². The van der Waals surface area contributed by atoms with E-state index >= 15 is 0 Å². The SMILES string of the molecule is CCc1c(O)cc(F)c(C)c1-n1c(N)c(C(N)=O)c2cnc(C)nc21. The Kier molecular flexibility index (Phi) is 3.82. The highest BCUT2D eigenvalue weighted by Gasteiger charge is 2.25. The van der Waals surface area contributed by atoms with Crippen molar-refractivity contribution in [2.75, 3.05) is 5.73 Å². The summed E-state index contributed by atoms with van der Waals surface area (Å²) in [7, 11) is 0. The summed E-state index contributed by atoms with van der Waals surface area (Å²) >= 11 is 0. The Morgan fingerprint density at radius 3 is 2.68 bits per heavy atom. The van der Waals surface area contributed by atoms with Crippen LogP contribution in [-0.2, 0) is 6.42 Å². The standard InChI is InChI=1S/C17H18FN5O2/c1-4-9-12(24)5-11(18)7(2)14(9)23-15(19)13(16(20)25)10-6-21-8(3)22-17(10)23/h5-6,24H,4,19H2,1-3H3,(H2,20,25).